The molecule has 0 spiro atoms. The maximum absolute atomic E-state index is 12.5. The van der Waals surface area contributed by atoms with E-state index >= 15 is 0 Å². The van der Waals surface area contributed by atoms with Crippen molar-refractivity contribution in [1.82, 2.24) is 5.32 Å². The minimum absolute atomic E-state index is 0.0676. The molecule has 2 atom stereocenters. The maximum Gasteiger partial charge on any atom is 0.415 e. The normalized spacial score (nSPS) is 18.1. The van der Waals surface area contributed by atoms with E-state index in [-0.39, 0.29) is 12.0 Å². The fourth-order valence-electron chi connectivity index (χ4n) is 1.19. The Kier molecular flexibility index (Phi) is 4.79. The SMILES string of the molecule is CCC(NC(=O)C(C)(N)C(F)(F)F)C(C)C. The first-order valence-corrected chi connectivity index (χ1v) is 5.20. The Hall–Kier alpha value is -0.780. The van der Waals surface area contributed by atoms with Crippen LogP contribution in [0.5, 0.6) is 0 Å². The van der Waals surface area contributed by atoms with Gasteiger partial charge in [-0.25, -0.2) is 0 Å². The molecule has 0 saturated heterocycles. The maximum atomic E-state index is 12.5. The highest BCUT2D eigenvalue weighted by atomic mass is 19.4. The van der Waals surface area contributed by atoms with Crippen LogP contribution in [-0.4, -0.2) is 23.7 Å². The van der Waals surface area contributed by atoms with Crippen LogP contribution in [0, 0.1) is 5.92 Å². The van der Waals surface area contributed by atoms with Crippen molar-refractivity contribution in [1.29, 1.82) is 0 Å². The van der Waals surface area contributed by atoms with E-state index in [1.165, 1.54) is 0 Å². The van der Waals surface area contributed by atoms with Crippen LogP contribution in [0.3, 0.4) is 0 Å². The number of amides is 1. The van der Waals surface area contributed by atoms with Gasteiger partial charge in [0.1, 0.15) is 0 Å². The summed E-state index contributed by atoms with van der Waals surface area (Å²) in [6, 6.07) is -0.294. The van der Waals surface area contributed by atoms with E-state index in [0.29, 0.717) is 13.3 Å². The molecule has 1 amide bonds. The molecule has 0 radical (unpaired) electrons. The molecule has 0 fully saturated rings. The minimum Gasteiger partial charge on any atom is -0.351 e. The zero-order valence-electron chi connectivity index (χ0n) is 9.98. The lowest BCUT2D eigenvalue weighted by Crippen LogP contribution is -2.63. The van der Waals surface area contributed by atoms with E-state index in [2.05, 4.69) is 5.32 Å². The Labute approximate surface area is 93.6 Å². The van der Waals surface area contributed by atoms with Crippen LogP contribution < -0.4 is 11.1 Å². The summed E-state index contributed by atoms with van der Waals surface area (Å²) in [6.07, 6.45) is -4.18. The van der Waals surface area contributed by atoms with Crippen LogP contribution >= 0.6 is 0 Å². The molecule has 0 aliphatic heterocycles. The van der Waals surface area contributed by atoms with Gasteiger partial charge < -0.3 is 11.1 Å². The molecule has 3 nitrogen and oxygen atoms in total. The molecule has 0 aromatic carbocycles. The first-order valence-electron chi connectivity index (χ1n) is 5.20. The number of carbonyl (C=O) groups excluding carboxylic acids is 1. The summed E-state index contributed by atoms with van der Waals surface area (Å²) >= 11 is 0. The van der Waals surface area contributed by atoms with Crippen molar-refractivity contribution in [3.8, 4) is 0 Å². The topological polar surface area (TPSA) is 55.1 Å². The van der Waals surface area contributed by atoms with Gasteiger partial charge in [0, 0.05) is 6.04 Å². The van der Waals surface area contributed by atoms with Crippen LogP contribution in [0.15, 0.2) is 0 Å². The Morgan fingerprint density at radius 2 is 1.81 bits per heavy atom. The van der Waals surface area contributed by atoms with Crippen molar-refractivity contribution in [2.24, 2.45) is 11.7 Å². The van der Waals surface area contributed by atoms with E-state index in [4.69, 9.17) is 5.73 Å². The molecular weight excluding hydrogens is 221 g/mol. The summed E-state index contributed by atoms with van der Waals surface area (Å²) in [5.74, 6) is -1.11. The lowest BCUT2D eigenvalue weighted by Gasteiger charge is -2.30. The summed E-state index contributed by atoms with van der Waals surface area (Å²) < 4.78 is 37.4. The van der Waals surface area contributed by atoms with Crippen LogP contribution in [0.1, 0.15) is 34.1 Å². The van der Waals surface area contributed by atoms with Crippen LogP contribution in [0.25, 0.3) is 0 Å². The third-order valence-corrected chi connectivity index (χ3v) is 2.62. The molecule has 0 rings (SSSR count). The van der Waals surface area contributed by atoms with Gasteiger partial charge in [0.15, 0.2) is 5.54 Å². The number of rotatable bonds is 4. The molecule has 2 unspecified atom stereocenters. The zero-order valence-corrected chi connectivity index (χ0v) is 9.98. The number of nitrogens with one attached hydrogen (secondary N) is 1. The number of hydrogen-bond donors (Lipinski definition) is 2. The van der Waals surface area contributed by atoms with Gasteiger partial charge in [-0.1, -0.05) is 20.8 Å². The number of nitrogens with two attached hydrogens (primary N) is 1. The van der Waals surface area contributed by atoms with Crippen molar-refractivity contribution >= 4 is 5.91 Å². The summed E-state index contributed by atoms with van der Waals surface area (Å²) in [5.41, 5.74) is 2.17. The highest BCUT2D eigenvalue weighted by Crippen LogP contribution is 2.28. The first-order chi connectivity index (χ1) is 7.04. The van der Waals surface area contributed by atoms with Gasteiger partial charge >= 0.3 is 6.18 Å². The molecule has 96 valence electrons. The lowest BCUT2D eigenvalue weighted by atomic mass is 9.97. The number of carbonyl (C=O) groups is 1. The van der Waals surface area contributed by atoms with Gasteiger partial charge in [0.2, 0.25) is 5.91 Å². The predicted octanol–water partition coefficient (Wildman–Crippen LogP) is 1.82. The molecule has 16 heavy (non-hydrogen) atoms. The van der Waals surface area contributed by atoms with E-state index < -0.39 is 17.6 Å². The van der Waals surface area contributed by atoms with Crippen molar-refractivity contribution < 1.29 is 18.0 Å². The third kappa shape index (κ3) is 3.37. The quantitative estimate of drug-likeness (QED) is 0.787. The van der Waals surface area contributed by atoms with Gasteiger partial charge in [-0.15, -0.1) is 0 Å². The number of alkyl halides is 3. The standard InChI is InChI=1S/C10H19F3N2O/c1-5-7(6(2)3)15-8(16)9(4,14)10(11,12)13/h6-7H,5,14H2,1-4H3,(H,15,16). The molecule has 6 heteroatoms. The zero-order chi connectivity index (χ0) is 13.1. The summed E-state index contributed by atoms with van der Waals surface area (Å²) in [4.78, 5) is 11.4. The second kappa shape index (κ2) is 5.03. The fraction of sp³-hybridized carbons (Fsp3) is 0.900. The predicted molar refractivity (Wildman–Crippen MR) is 55.7 cm³/mol. The molecular formula is C10H19F3N2O. The van der Waals surface area contributed by atoms with Gasteiger partial charge in [0.05, 0.1) is 0 Å². The summed E-state index contributed by atoms with van der Waals surface area (Å²) in [7, 11) is 0. The monoisotopic (exact) mass is 240 g/mol. The van der Waals surface area contributed by atoms with Gasteiger partial charge in [-0.3, -0.25) is 4.79 Å². The minimum atomic E-state index is -4.74. The highest BCUT2D eigenvalue weighted by molar-refractivity contribution is 5.86. The highest BCUT2D eigenvalue weighted by Gasteiger charge is 2.54. The average molecular weight is 240 g/mol. The number of hydrogen-bond acceptors (Lipinski definition) is 2. The van der Waals surface area contributed by atoms with Gasteiger partial charge in [-0.2, -0.15) is 13.2 Å². The smallest absolute Gasteiger partial charge is 0.351 e. The average Bonchev–Trinajstić information content (AvgIpc) is 2.11. The molecule has 0 aromatic heterocycles. The Balaban J connectivity index is 4.70. The van der Waals surface area contributed by atoms with Crippen molar-refractivity contribution in [3.05, 3.63) is 0 Å². The Bertz CT molecular complexity index is 249. The van der Waals surface area contributed by atoms with E-state index in [1.54, 1.807) is 6.92 Å². The first kappa shape index (κ1) is 15.2. The largest absolute Gasteiger partial charge is 0.415 e. The van der Waals surface area contributed by atoms with Crippen molar-refractivity contribution in [2.45, 2.75) is 51.9 Å². The van der Waals surface area contributed by atoms with E-state index in [0.717, 1.165) is 0 Å². The van der Waals surface area contributed by atoms with Gasteiger partial charge in [0.25, 0.3) is 0 Å². The molecule has 0 aliphatic carbocycles. The van der Waals surface area contributed by atoms with Crippen LogP contribution in [0.2, 0.25) is 0 Å². The molecule has 0 saturated carbocycles. The second-order valence-electron chi connectivity index (χ2n) is 4.43. The number of halogens is 3. The Morgan fingerprint density at radius 3 is 2.06 bits per heavy atom. The molecule has 0 heterocycles. The van der Waals surface area contributed by atoms with E-state index in [9.17, 15) is 18.0 Å². The second-order valence-corrected chi connectivity index (χ2v) is 4.43. The van der Waals surface area contributed by atoms with Crippen LogP contribution in [0.4, 0.5) is 13.2 Å². The Morgan fingerprint density at radius 1 is 1.38 bits per heavy atom. The summed E-state index contributed by atoms with van der Waals surface area (Å²) in [6.45, 7) is 6.13. The van der Waals surface area contributed by atoms with Crippen molar-refractivity contribution in [2.75, 3.05) is 0 Å². The summed E-state index contributed by atoms with van der Waals surface area (Å²) in [5, 5.41) is 2.33. The third-order valence-electron chi connectivity index (χ3n) is 2.62. The molecule has 3 N–H and O–H groups in total. The lowest BCUT2D eigenvalue weighted by molar-refractivity contribution is -0.188. The fourth-order valence-corrected chi connectivity index (χ4v) is 1.19. The van der Waals surface area contributed by atoms with Crippen LogP contribution in [-0.2, 0) is 4.79 Å². The van der Waals surface area contributed by atoms with Gasteiger partial charge in [-0.05, 0) is 19.3 Å². The molecule has 0 aliphatic rings. The molecule has 0 aromatic rings. The molecule has 0 bridgehead atoms. The van der Waals surface area contributed by atoms with Crippen molar-refractivity contribution in [3.63, 3.8) is 0 Å². The van der Waals surface area contributed by atoms with E-state index in [1.807, 2.05) is 13.8 Å².